The average Bonchev–Trinajstić information content (AvgIpc) is 2.83. The van der Waals surface area contributed by atoms with Gasteiger partial charge in [0.05, 0.1) is 12.2 Å². The summed E-state index contributed by atoms with van der Waals surface area (Å²) in [6, 6.07) is 0. The molecule has 132 valence electrons. The minimum absolute atomic E-state index is 0.511. The smallest absolute Gasteiger partial charge is 0.281 e. The summed E-state index contributed by atoms with van der Waals surface area (Å²) in [5.41, 5.74) is 0.916. The minimum Gasteiger partial charge on any atom is -0.444 e. The van der Waals surface area contributed by atoms with E-state index in [1.807, 2.05) is 13.8 Å². The van der Waals surface area contributed by atoms with E-state index in [0.29, 0.717) is 45.2 Å². The Bertz CT molecular complexity index is 587. The maximum absolute atomic E-state index is 12.5. The quantitative estimate of drug-likeness (QED) is 0.747. The molecule has 1 aliphatic heterocycles. The lowest BCUT2D eigenvalue weighted by atomic mass is 10.3. The van der Waals surface area contributed by atoms with E-state index in [9.17, 15) is 8.42 Å². The lowest BCUT2D eigenvalue weighted by Gasteiger charge is -2.35. The monoisotopic (exact) mass is 344 g/mol. The molecule has 1 aromatic rings. The zero-order valence-corrected chi connectivity index (χ0v) is 15.4. The van der Waals surface area contributed by atoms with Gasteiger partial charge in [0, 0.05) is 39.8 Å². The van der Waals surface area contributed by atoms with Crippen LogP contribution in [0.2, 0.25) is 0 Å². The van der Waals surface area contributed by atoms with Crippen molar-refractivity contribution >= 4 is 10.2 Å². The molecule has 2 heterocycles. The van der Waals surface area contributed by atoms with Gasteiger partial charge in [0.25, 0.3) is 10.2 Å². The summed E-state index contributed by atoms with van der Waals surface area (Å²) in [5, 5.41) is 0. The van der Waals surface area contributed by atoms with Crippen LogP contribution in [0, 0.1) is 13.8 Å². The van der Waals surface area contributed by atoms with Crippen molar-refractivity contribution in [3.05, 3.63) is 17.3 Å². The first-order valence-electron chi connectivity index (χ1n) is 8.21. The zero-order valence-electron chi connectivity index (χ0n) is 14.6. The Hall–Kier alpha value is -0.960. The van der Waals surface area contributed by atoms with Crippen molar-refractivity contribution in [3.8, 4) is 0 Å². The molecule has 1 aromatic heterocycles. The lowest BCUT2D eigenvalue weighted by Crippen LogP contribution is -2.52. The number of piperazine rings is 1. The highest BCUT2D eigenvalue weighted by molar-refractivity contribution is 7.86. The van der Waals surface area contributed by atoms with Gasteiger partial charge in [0.1, 0.15) is 5.76 Å². The van der Waals surface area contributed by atoms with Gasteiger partial charge in [0.15, 0.2) is 0 Å². The second-order valence-electron chi connectivity index (χ2n) is 6.11. The Morgan fingerprint density at radius 3 is 2.39 bits per heavy atom. The fraction of sp³-hybridized carbons (Fsp3) is 0.800. The molecule has 0 atom stereocenters. The molecule has 0 N–H and O–H groups in total. The van der Waals surface area contributed by atoms with Gasteiger partial charge in [-0.15, -0.1) is 0 Å². The largest absolute Gasteiger partial charge is 0.444 e. The summed E-state index contributed by atoms with van der Waals surface area (Å²) < 4.78 is 33.7. The summed E-state index contributed by atoms with van der Waals surface area (Å²) >= 11 is 0. The van der Waals surface area contributed by atoms with Crippen molar-refractivity contribution in [2.24, 2.45) is 0 Å². The average molecular weight is 344 g/mol. The highest BCUT2D eigenvalue weighted by Crippen LogP contribution is 2.15. The number of unbranched alkanes of at least 4 members (excludes halogenated alkanes) is 1. The van der Waals surface area contributed by atoms with Gasteiger partial charge in [-0.25, -0.2) is 4.98 Å². The highest BCUT2D eigenvalue weighted by atomic mass is 32.2. The number of aryl methyl sites for hydroxylation is 2. The van der Waals surface area contributed by atoms with E-state index in [2.05, 4.69) is 16.8 Å². The van der Waals surface area contributed by atoms with Gasteiger partial charge in [0.2, 0.25) is 5.89 Å². The van der Waals surface area contributed by atoms with Gasteiger partial charge in [-0.1, -0.05) is 13.3 Å². The van der Waals surface area contributed by atoms with Crippen LogP contribution in [-0.4, -0.2) is 66.7 Å². The van der Waals surface area contributed by atoms with Crippen LogP contribution in [0.4, 0.5) is 0 Å². The molecular weight excluding hydrogens is 316 g/mol. The Morgan fingerprint density at radius 2 is 1.87 bits per heavy atom. The second-order valence-corrected chi connectivity index (χ2v) is 8.14. The Morgan fingerprint density at radius 1 is 1.22 bits per heavy atom. The van der Waals surface area contributed by atoms with Crippen LogP contribution in [0.3, 0.4) is 0 Å². The van der Waals surface area contributed by atoms with Gasteiger partial charge < -0.3 is 4.42 Å². The van der Waals surface area contributed by atoms with Crippen molar-refractivity contribution in [3.63, 3.8) is 0 Å². The van der Waals surface area contributed by atoms with Crippen LogP contribution in [0.5, 0.6) is 0 Å². The van der Waals surface area contributed by atoms with Crippen LogP contribution >= 0.6 is 0 Å². The fourth-order valence-electron chi connectivity index (χ4n) is 2.61. The third-order valence-electron chi connectivity index (χ3n) is 4.31. The van der Waals surface area contributed by atoms with Crippen molar-refractivity contribution in [2.75, 3.05) is 39.8 Å². The van der Waals surface area contributed by atoms with E-state index in [1.165, 1.54) is 4.31 Å². The summed E-state index contributed by atoms with van der Waals surface area (Å²) in [6.45, 7) is 9.52. The summed E-state index contributed by atoms with van der Waals surface area (Å²) in [5.74, 6) is 1.55. The maximum Gasteiger partial charge on any atom is 0.281 e. The predicted molar refractivity (Wildman–Crippen MR) is 89.3 cm³/mol. The molecule has 0 bridgehead atoms. The molecule has 0 unspecified atom stereocenters. The second kappa shape index (κ2) is 7.74. The summed E-state index contributed by atoms with van der Waals surface area (Å²) in [7, 11) is -1.67. The maximum atomic E-state index is 12.5. The third-order valence-corrected chi connectivity index (χ3v) is 6.30. The van der Waals surface area contributed by atoms with E-state index in [0.717, 1.165) is 24.3 Å². The van der Waals surface area contributed by atoms with E-state index < -0.39 is 10.2 Å². The predicted octanol–water partition coefficient (Wildman–Crippen LogP) is 1.39. The Labute approximate surface area is 139 Å². The van der Waals surface area contributed by atoms with E-state index in [1.54, 1.807) is 11.4 Å². The van der Waals surface area contributed by atoms with Gasteiger partial charge in [-0.05, 0) is 20.3 Å². The zero-order chi connectivity index (χ0) is 17.0. The van der Waals surface area contributed by atoms with Crippen LogP contribution in [0.1, 0.15) is 37.1 Å². The molecule has 0 radical (unpaired) electrons. The first-order valence-corrected chi connectivity index (χ1v) is 9.61. The first kappa shape index (κ1) is 18.4. The van der Waals surface area contributed by atoms with E-state index in [-0.39, 0.29) is 0 Å². The van der Waals surface area contributed by atoms with E-state index >= 15 is 0 Å². The van der Waals surface area contributed by atoms with Crippen LogP contribution in [0.15, 0.2) is 4.42 Å². The Kier molecular flexibility index (Phi) is 6.19. The van der Waals surface area contributed by atoms with Gasteiger partial charge >= 0.3 is 0 Å². The molecule has 1 saturated heterocycles. The molecule has 0 saturated carbocycles. The van der Waals surface area contributed by atoms with Crippen LogP contribution in [0.25, 0.3) is 0 Å². The topological polar surface area (TPSA) is 69.9 Å². The van der Waals surface area contributed by atoms with Crippen molar-refractivity contribution in [1.82, 2.24) is 18.5 Å². The lowest BCUT2D eigenvalue weighted by molar-refractivity contribution is 0.163. The molecule has 7 nitrogen and oxygen atoms in total. The molecule has 0 amide bonds. The molecule has 23 heavy (non-hydrogen) atoms. The summed E-state index contributed by atoms with van der Waals surface area (Å²) in [6.07, 6.45) is 1.88. The fourth-order valence-corrected chi connectivity index (χ4v) is 3.99. The Balaban J connectivity index is 1.87. The summed E-state index contributed by atoms with van der Waals surface area (Å²) in [4.78, 5) is 6.57. The molecular formula is C15H28N4O3S. The molecule has 2 rings (SSSR count). The molecule has 0 aliphatic carbocycles. The van der Waals surface area contributed by atoms with Crippen molar-refractivity contribution in [1.29, 1.82) is 0 Å². The SMILES string of the molecule is CCCCN(C)S(=O)(=O)N1CCN(Cc2nc(C)c(C)o2)CC1. The van der Waals surface area contributed by atoms with Crippen LogP contribution in [-0.2, 0) is 16.8 Å². The minimum atomic E-state index is -3.33. The number of hydrogen-bond donors (Lipinski definition) is 0. The highest BCUT2D eigenvalue weighted by Gasteiger charge is 2.30. The van der Waals surface area contributed by atoms with E-state index in [4.69, 9.17) is 4.42 Å². The van der Waals surface area contributed by atoms with Gasteiger partial charge in [-0.2, -0.15) is 17.0 Å². The number of oxazole rings is 1. The van der Waals surface area contributed by atoms with Gasteiger partial charge in [-0.3, -0.25) is 4.90 Å². The van der Waals surface area contributed by atoms with Crippen molar-refractivity contribution < 1.29 is 12.8 Å². The first-order chi connectivity index (χ1) is 10.8. The molecule has 1 aliphatic rings. The van der Waals surface area contributed by atoms with Crippen LogP contribution < -0.4 is 0 Å². The number of nitrogens with zero attached hydrogens (tertiary/aromatic N) is 4. The number of hydrogen-bond acceptors (Lipinski definition) is 5. The molecule has 0 spiro atoms. The molecule has 1 fully saturated rings. The third kappa shape index (κ3) is 4.53. The normalized spacial score (nSPS) is 18.0. The standard InChI is InChI=1S/C15H28N4O3S/c1-5-6-7-17(4)23(20,21)19-10-8-18(9-11-19)12-15-16-13(2)14(3)22-15/h5-12H2,1-4H3. The molecule has 0 aromatic carbocycles. The number of rotatable bonds is 7. The number of aromatic nitrogens is 1. The van der Waals surface area contributed by atoms with Crippen molar-refractivity contribution in [2.45, 2.75) is 40.2 Å². The molecule has 8 heteroatoms.